The molecular weight excluding hydrogens is 665 g/mol. The van der Waals surface area contributed by atoms with Crippen LogP contribution in [0.15, 0.2) is 194 Å². The predicted molar refractivity (Wildman–Crippen MR) is 233 cm³/mol. The van der Waals surface area contributed by atoms with Gasteiger partial charge in [-0.3, -0.25) is 0 Å². The van der Waals surface area contributed by atoms with E-state index in [9.17, 15) is 0 Å². The first-order valence-corrected chi connectivity index (χ1v) is 18.7. The van der Waals surface area contributed by atoms with Gasteiger partial charge in [0.15, 0.2) is 5.69 Å². The van der Waals surface area contributed by atoms with E-state index in [1.165, 1.54) is 65.3 Å². The molecule has 2 nitrogen and oxygen atoms in total. The first kappa shape index (κ1) is 31.1. The Hall–Kier alpha value is -7.47. The summed E-state index contributed by atoms with van der Waals surface area (Å²) in [5, 5.41) is 12.3. The SMILES string of the molecule is [C-]#[N+]c1ccc2c(c1)c1cc(-c3ccc(-c4cc5c6ccccc6c(-c6cccc7ccccc67)cc5c5ccccc45)cc3)ccc1n2-c1ccccc1. The molecule has 11 rings (SSSR count). The Morgan fingerprint density at radius 1 is 0.327 bits per heavy atom. The van der Waals surface area contributed by atoms with E-state index in [1.54, 1.807) is 0 Å². The van der Waals surface area contributed by atoms with Crippen LogP contribution in [-0.2, 0) is 0 Å². The molecule has 2 heteroatoms. The van der Waals surface area contributed by atoms with Crippen LogP contribution in [0.4, 0.5) is 5.69 Å². The minimum atomic E-state index is 0.648. The second kappa shape index (κ2) is 12.3. The third-order valence-corrected chi connectivity index (χ3v) is 11.4. The van der Waals surface area contributed by atoms with Crippen molar-refractivity contribution in [2.24, 2.45) is 0 Å². The smallest absolute Gasteiger partial charge is 0.188 e. The summed E-state index contributed by atoms with van der Waals surface area (Å²) in [4.78, 5) is 3.76. The van der Waals surface area contributed by atoms with Crippen molar-refractivity contribution in [3.63, 3.8) is 0 Å². The van der Waals surface area contributed by atoms with Crippen LogP contribution in [0, 0.1) is 6.57 Å². The molecule has 0 aliphatic carbocycles. The van der Waals surface area contributed by atoms with E-state index in [-0.39, 0.29) is 0 Å². The Bertz CT molecular complexity index is 3360. The molecule has 0 N–H and O–H groups in total. The van der Waals surface area contributed by atoms with E-state index in [0.717, 1.165) is 38.6 Å². The zero-order valence-corrected chi connectivity index (χ0v) is 29.9. The van der Waals surface area contributed by atoms with Gasteiger partial charge in [-0.05, 0) is 130 Å². The first-order chi connectivity index (χ1) is 27.2. The lowest BCUT2D eigenvalue weighted by Gasteiger charge is -2.17. The molecule has 0 saturated heterocycles. The molecule has 0 atom stereocenters. The van der Waals surface area contributed by atoms with E-state index >= 15 is 0 Å². The summed E-state index contributed by atoms with van der Waals surface area (Å²) in [6.07, 6.45) is 0. The Morgan fingerprint density at radius 2 is 0.873 bits per heavy atom. The van der Waals surface area contributed by atoms with Crippen LogP contribution >= 0.6 is 0 Å². The second-order valence-electron chi connectivity index (χ2n) is 14.4. The highest BCUT2D eigenvalue weighted by Crippen LogP contribution is 2.44. The summed E-state index contributed by atoms with van der Waals surface area (Å²) in [5.74, 6) is 0. The van der Waals surface area contributed by atoms with Crippen LogP contribution in [-0.4, -0.2) is 4.57 Å². The second-order valence-corrected chi connectivity index (χ2v) is 14.4. The van der Waals surface area contributed by atoms with Gasteiger partial charge in [0, 0.05) is 11.1 Å². The number of fused-ring (bicyclic) bond motifs is 9. The van der Waals surface area contributed by atoms with Gasteiger partial charge in [0.2, 0.25) is 0 Å². The topological polar surface area (TPSA) is 9.29 Å². The van der Waals surface area contributed by atoms with Crippen LogP contribution < -0.4 is 0 Å². The van der Waals surface area contributed by atoms with Crippen molar-refractivity contribution < 1.29 is 0 Å². The molecule has 0 fully saturated rings. The number of nitrogens with zero attached hydrogens (tertiary/aromatic N) is 2. The van der Waals surface area contributed by atoms with E-state index in [4.69, 9.17) is 6.57 Å². The Morgan fingerprint density at radius 3 is 1.60 bits per heavy atom. The summed E-state index contributed by atoms with van der Waals surface area (Å²) >= 11 is 0. The Balaban J connectivity index is 1.07. The molecule has 1 heterocycles. The maximum Gasteiger partial charge on any atom is 0.188 e. The highest BCUT2D eigenvalue weighted by atomic mass is 15.0. The molecule has 0 aliphatic heterocycles. The standard InChI is InChI=1S/C53H32N2/c1-54-38-27-29-53-51(31-38)50-30-37(26-28-52(50)55(53)39-14-3-2-4-15-39)34-22-24-36(25-23-34)46-32-48-45-20-10-9-19-44(45)47(33-49(48)43-18-8-7-17-42(43)46)41-21-11-13-35-12-5-6-16-40(35)41/h2-33H. The van der Waals surface area contributed by atoms with Gasteiger partial charge in [-0.15, -0.1) is 0 Å². The van der Waals surface area contributed by atoms with Crippen molar-refractivity contribution in [2.75, 3.05) is 0 Å². The summed E-state index contributed by atoms with van der Waals surface area (Å²) < 4.78 is 2.30. The molecule has 0 aliphatic rings. The highest BCUT2D eigenvalue weighted by molar-refractivity contribution is 6.24. The molecule has 0 saturated carbocycles. The molecule has 0 spiro atoms. The van der Waals surface area contributed by atoms with Crippen LogP contribution in [0.5, 0.6) is 0 Å². The zero-order chi connectivity index (χ0) is 36.5. The number of hydrogen-bond acceptors (Lipinski definition) is 0. The average molecular weight is 697 g/mol. The number of para-hydroxylation sites is 1. The lowest BCUT2D eigenvalue weighted by atomic mass is 9.86. The van der Waals surface area contributed by atoms with Crippen molar-refractivity contribution in [3.8, 4) is 39.1 Å². The largest absolute Gasteiger partial charge is 0.309 e. The minimum Gasteiger partial charge on any atom is -0.309 e. The highest BCUT2D eigenvalue weighted by Gasteiger charge is 2.17. The van der Waals surface area contributed by atoms with E-state index in [0.29, 0.717) is 5.69 Å². The van der Waals surface area contributed by atoms with Crippen LogP contribution in [0.25, 0.3) is 109 Å². The minimum absolute atomic E-state index is 0.648. The van der Waals surface area contributed by atoms with Crippen molar-refractivity contribution in [1.29, 1.82) is 0 Å². The van der Waals surface area contributed by atoms with Crippen LogP contribution in [0.1, 0.15) is 0 Å². The Labute approximate surface area is 318 Å². The number of aromatic nitrogens is 1. The van der Waals surface area contributed by atoms with Gasteiger partial charge in [0.05, 0.1) is 17.6 Å². The first-order valence-electron chi connectivity index (χ1n) is 18.7. The molecule has 0 bridgehead atoms. The summed E-state index contributed by atoms with van der Waals surface area (Å²) in [6.45, 7) is 7.69. The van der Waals surface area contributed by atoms with Crippen LogP contribution in [0.2, 0.25) is 0 Å². The Kier molecular flexibility index (Phi) is 6.96. The fraction of sp³-hybridized carbons (Fsp3) is 0. The van der Waals surface area contributed by atoms with Crippen molar-refractivity contribution in [3.05, 3.63) is 206 Å². The van der Waals surface area contributed by atoms with Gasteiger partial charge in [0.25, 0.3) is 0 Å². The molecule has 10 aromatic carbocycles. The van der Waals surface area contributed by atoms with Crippen LogP contribution in [0.3, 0.4) is 0 Å². The van der Waals surface area contributed by atoms with E-state index in [1.807, 2.05) is 18.2 Å². The van der Waals surface area contributed by atoms with E-state index in [2.05, 4.69) is 185 Å². The van der Waals surface area contributed by atoms with E-state index < -0.39 is 0 Å². The van der Waals surface area contributed by atoms with Gasteiger partial charge in [-0.25, -0.2) is 4.85 Å². The average Bonchev–Trinajstić information content (AvgIpc) is 3.59. The zero-order valence-electron chi connectivity index (χ0n) is 29.9. The molecule has 0 amide bonds. The maximum absolute atomic E-state index is 7.69. The number of benzene rings is 10. The number of rotatable bonds is 4. The molecular formula is C53H32N2. The fourth-order valence-corrected chi connectivity index (χ4v) is 8.83. The third kappa shape index (κ3) is 4.88. The quantitative estimate of drug-likeness (QED) is 0.128. The molecule has 1 aromatic heterocycles. The van der Waals surface area contributed by atoms with Crippen molar-refractivity contribution in [2.45, 2.75) is 0 Å². The fourth-order valence-electron chi connectivity index (χ4n) is 8.83. The molecule has 254 valence electrons. The lowest BCUT2D eigenvalue weighted by Crippen LogP contribution is -1.92. The van der Waals surface area contributed by atoms with Crippen molar-refractivity contribution >= 4 is 70.6 Å². The summed E-state index contributed by atoms with van der Waals surface area (Å²) in [6, 6.07) is 70.1. The summed E-state index contributed by atoms with van der Waals surface area (Å²) in [7, 11) is 0. The number of hydrogen-bond donors (Lipinski definition) is 0. The molecule has 0 unspecified atom stereocenters. The van der Waals surface area contributed by atoms with Crippen molar-refractivity contribution in [1.82, 2.24) is 4.57 Å². The normalized spacial score (nSPS) is 11.6. The van der Waals surface area contributed by atoms with Gasteiger partial charge >= 0.3 is 0 Å². The van der Waals surface area contributed by atoms with Gasteiger partial charge in [-0.2, -0.15) is 0 Å². The summed E-state index contributed by atoms with van der Waals surface area (Å²) in [5.41, 5.74) is 11.2. The monoisotopic (exact) mass is 696 g/mol. The lowest BCUT2D eigenvalue weighted by molar-refractivity contribution is 1.18. The van der Waals surface area contributed by atoms with Gasteiger partial charge < -0.3 is 4.57 Å². The molecule has 0 radical (unpaired) electrons. The third-order valence-electron chi connectivity index (χ3n) is 11.4. The van der Waals surface area contributed by atoms with Gasteiger partial charge in [-0.1, -0.05) is 146 Å². The van der Waals surface area contributed by atoms with Gasteiger partial charge in [0.1, 0.15) is 0 Å². The molecule has 55 heavy (non-hydrogen) atoms. The molecule has 11 aromatic rings. The maximum atomic E-state index is 7.69. The predicted octanol–water partition coefficient (Wildman–Crippen LogP) is 14.9.